The van der Waals surface area contributed by atoms with Crippen LogP contribution in [0.3, 0.4) is 0 Å². The van der Waals surface area contributed by atoms with Gasteiger partial charge in [-0.05, 0) is 31.6 Å². The Hall–Kier alpha value is -0.240. The van der Waals surface area contributed by atoms with E-state index in [1.165, 1.54) is 0 Å². The molecule has 2 aliphatic heterocycles. The molecule has 0 bridgehead atoms. The monoisotopic (exact) mass is 305 g/mol. The number of hydrogen-bond donors (Lipinski definition) is 1. The van der Waals surface area contributed by atoms with Crippen molar-refractivity contribution in [3.63, 3.8) is 0 Å². The highest BCUT2D eigenvalue weighted by Gasteiger charge is 2.35. The highest BCUT2D eigenvalue weighted by atomic mass is 32.2. The predicted molar refractivity (Wildman–Crippen MR) is 80.0 cm³/mol. The molecule has 110 valence electrons. The van der Waals surface area contributed by atoms with Crippen molar-refractivity contribution in [2.24, 2.45) is 17.6 Å². The van der Waals surface area contributed by atoms with Crippen molar-refractivity contribution in [1.82, 2.24) is 8.61 Å². The van der Waals surface area contributed by atoms with Crippen molar-refractivity contribution in [2.75, 3.05) is 26.2 Å². The quantitative estimate of drug-likeness (QED) is 0.789. The van der Waals surface area contributed by atoms with Gasteiger partial charge in [0, 0.05) is 32.1 Å². The summed E-state index contributed by atoms with van der Waals surface area (Å²) in [7, 11) is -3.28. The van der Waals surface area contributed by atoms with E-state index in [1.807, 2.05) is 0 Å². The molecule has 2 saturated heterocycles. The third-order valence-electron chi connectivity index (χ3n) is 4.13. The summed E-state index contributed by atoms with van der Waals surface area (Å²) >= 11 is 4.99. The maximum absolute atomic E-state index is 12.6. The Labute approximate surface area is 121 Å². The van der Waals surface area contributed by atoms with Crippen LogP contribution in [0.25, 0.3) is 0 Å². The molecule has 2 aliphatic rings. The van der Waals surface area contributed by atoms with Gasteiger partial charge in [-0.1, -0.05) is 19.1 Å². The molecule has 2 N–H and O–H groups in total. The van der Waals surface area contributed by atoms with Gasteiger partial charge in [-0.3, -0.25) is 0 Å². The van der Waals surface area contributed by atoms with Crippen molar-refractivity contribution in [2.45, 2.75) is 32.6 Å². The lowest BCUT2D eigenvalue weighted by Gasteiger charge is -2.37. The fourth-order valence-electron chi connectivity index (χ4n) is 2.89. The Morgan fingerprint density at radius 3 is 2.32 bits per heavy atom. The van der Waals surface area contributed by atoms with Crippen molar-refractivity contribution >= 4 is 27.4 Å². The van der Waals surface area contributed by atoms with E-state index in [1.54, 1.807) is 8.61 Å². The summed E-state index contributed by atoms with van der Waals surface area (Å²) in [4.78, 5) is 0.517. The Balaban J connectivity index is 1.99. The first-order valence-electron chi connectivity index (χ1n) is 6.96. The van der Waals surface area contributed by atoms with Gasteiger partial charge in [0.25, 0.3) is 10.2 Å². The summed E-state index contributed by atoms with van der Waals surface area (Å²) in [5.74, 6) is 0.652. The van der Waals surface area contributed by atoms with Gasteiger partial charge in [-0.25, -0.2) is 0 Å². The van der Waals surface area contributed by atoms with Crippen LogP contribution in [0.2, 0.25) is 0 Å². The van der Waals surface area contributed by atoms with E-state index >= 15 is 0 Å². The minimum atomic E-state index is -3.28. The molecule has 0 aliphatic carbocycles. The first-order valence-corrected chi connectivity index (χ1v) is 8.76. The molecule has 2 rings (SSSR count). The van der Waals surface area contributed by atoms with E-state index in [4.69, 9.17) is 18.0 Å². The van der Waals surface area contributed by atoms with Gasteiger partial charge in [-0.15, -0.1) is 0 Å². The van der Waals surface area contributed by atoms with Crippen molar-refractivity contribution < 1.29 is 8.42 Å². The summed E-state index contributed by atoms with van der Waals surface area (Å²) in [6, 6.07) is 0. The van der Waals surface area contributed by atoms with E-state index < -0.39 is 10.2 Å². The molecule has 19 heavy (non-hydrogen) atoms. The zero-order valence-electron chi connectivity index (χ0n) is 11.4. The fraction of sp³-hybridized carbons (Fsp3) is 0.917. The number of thiocarbonyl (C=S) groups is 1. The third-order valence-corrected chi connectivity index (χ3v) is 6.46. The lowest BCUT2D eigenvalue weighted by atomic mass is 9.98. The van der Waals surface area contributed by atoms with Crippen LogP contribution in [0.4, 0.5) is 0 Å². The van der Waals surface area contributed by atoms with Gasteiger partial charge >= 0.3 is 0 Å². The van der Waals surface area contributed by atoms with Gasteiger partial charge < -0.3 is 5.73 Å². The topological polar surface area (TPSA) is 66.6 Å². The predicted octanol–water partition coefficient (Wildman–Crippen LogP) is 0.961. The van der Waals surface area contributed by atoms with Gasteiger partial charge in [-0.2, -0.15) is 17.0 Å². The van der Waals surface area contributed by atoms with E-state index in [-0.39, 0.29) is 5.92 Å². The fourth-order valence-corrected chi connectivity index (χ4v) is 4.93. The molecular formula is C12H23N3O2S2. The average molecular weight is 305 g/mol. The van der Waals surface area contributed by atoms with Gasteiger partial charge in [0.2, 0.25) is 0 Å². The SMILES string of the molecule is CC1CCCN(S(=O)(=O)N2CCC(C(N)=S)CC2)C1. The summed E-state index contributed by atoms with van der Waals surface area (Å²) in [6.45, 7) is 4.49. The highest BCUT2D eigenvalue weighted by Crippen LogP contribution is 2.25. The maximum Gasteiger partial charge on any atom is 0.281 e. The molecule has 7 heteroatoms. The van der Waals surface area contributed by atoms with Crippen molar-refractivity contribution in [3.8, 4) is 0 Å². The Bertz CT molecular complexity index is 430. The molecule has 0 aromatic carbocycles. The Morgan fingerprint density at radius 1 is 1.16 bits per heavy atom. The van der Waals surface area contributed by atoms with Crippen LogP contribution in [-0.4, -0.2) is 48.2 Å². The lowest BCUT2D eigenvalue weighted by Crippen LogP contribution is -2.50. The highest BCUT2D eigenvalue weighted by molar-refractivity contribution is 7.86. The molecule has 2 fully saturated rings. The second kappa shape index (κ2) is 6.03. The zero-order valence-corrected chi connectivity index (χ0v) is 13.0. The molecule has 0 aromatic rings. The number of nitrogens with zero attached hydrogens (tertiary/aromatic N) is 2. The van der Waals surface area contributed by atoms with Crippen LogP contribution in [0, 0.1) is 11.8 Å². The molecule has 1 unspecified atom stereocenters. The second-order valence-corrected chi connectivity index (χ2v) is 8.09. The smallest absolute Gasteiger partial charge is 0.281 e. The largest absolute Gasteiger partial charge is 0.393 e. The molecule has 1 atom stereocenters. The normalized spacial score (nSPS) is 28.4. The van der Waals surface area contributed by atoms with Crippen LogP contribution in [0.5, 0.6) is 0 Å². The van der Waals surface area contributed by atoms with E-state index in [9.17, 15) is 8.42 Å². The summed E-state index contributed by atoms with van der Waals surface area (Å²) in [5, 5.41) is 0. The first-order chi connectivity index (χ1) is 8.91. The number of hydrogen-bond acceptors (Lipinski definition) is 3. The van der Waals surface area contributed by atoms with E-state index in [0.29, 0.717) is 37.1 Å². The minimum absolute atomic E-state index is 0.196. The molecule has 0 aromatic heterocycles. The van der Waals surface area contributed by atoms with Gasteiger partial charge in [0.15, 0.2) is 0 Å². The van der Waals surface area contributed by atoms with Crippen LogP contribution in [-0.2, 0) is 10.2 Å². The van der Waals surface area contributed by atoms with Crippen LogP contribution < -0.4 is 5.73 Å². The summed E-state index contributed by atoms with van der Waals surface area (Å²) in [6.07, 6.45) is 3.58. The van der Waals surface area contributed by atoms with E-state index in [2.05, 4.69) is 6.92 Å². The second-order valence-electron chi connectivity index (χ2n) is 5.69. The number of piperidine rings is 2. The lowest BCUT2D eigenvalue weighted by molar-refractivity contribution is 0.241. The molecule has 0 amide bonds. The summed E-state index contributed by atoms with van der Waals surface area (Å²) < 4.78 is 28.3. The molecular weight excluding hydrogens is 282 g/mol. The third kappa shape index (κ3) is 3.45. The zero-order chi connectivity index (χ0) is 14.0. The van der Waals surface area contributed by atoms with Crippen LogP contribution in [0.15, 0.2) is 0 Å². The van der Waals surface area contributed by atoms with Gasteiger partial charge in [0.1, 0.15) is 0 Å². The van der Waals surface area contributed by atoms with Crippen LogP contribution >= 0.6 is 12.2 Å². The molecule has 2 heterocycles. The number of nitrogens with two attached hydrogens (primary N) is 1. The molecule has 0 saturated carbocycles. The Morgan fingerprint density at radius 2 is 1.79 bits per heavy atom. The first kappa shape index (κ1) is 15.2. The Kier molecular flexibility index (Phi) is 4.81. The minimum Gasteiger partial charge on any atom is -0.393 e. The van der Waals surface area contributed by atoms with Crippen LogP contribution in [0.1, 0.15) is 32.6 Å². The number of rotatable bonds is 3. The summed E-state index contributed by atoms with van der Waals surface area (Å²) in [5.41, 5.74) is 5.64. The average Bonchev–Trinajstić information content (AvgIpc) is 2.39. The maximum atomic E-state index is 12.6. The van der Waals surface area contributed by atoms with Crippen molar-refractivity contribution in [1.29, 1.82) is 0 Å². The molecule has 0 radical (unpaired) electrons. The molecule has 0 spiro atoms. The van der Waals surface area contributed by atoms with Crippen molar-refractivity contribution in [3.05, 3.63) is 0 Å². The van der Waals surface area contributed by atoms with E-state index in [0.717, 1.165) is 25.7 Å². The standard InChI is InChI=1S/C12H23N3O2S2/c1-10-3-2-6-15(9-10)19(16,17)14-7-4-11(5-8-14)12(13)18/h10-11H,2-9H2,1H3,(H2,13,18). The van der Waals surface area contributed by atoms with Gasteiger partial charge in [0.05, 0.1) is 4.99 Å². The molecule has 5 nitrogen and oxygen atoms in total.